The number of rotatable bonds is 4. The predicted molar refractivity (Wildman–Crippen MR) is 92.8 cm³/mol. The molecule has 2 heterocycles. The fourth-order valence-electron chi connectivity index (χ4n) is 3.49. The Morgan fingerprint density at radius 1 is 1.08 bits per heavy atom. The van der Waals surface area contributed by atoms with Gasteiger partial charge in [-0.3, -0.25) is 14.5 Å². The largest absolute Gasteiger partial charge is 0.433 e. The van der Waals surface area contributed by atoms with E-state index in [4.69, 9.17) is 4.74 Å². The standard InChI is InChI=1S/C20H18N2O4/c23-17-11-10-16(18(24)21-12-13-6-2-1-3-7-13)22(17)19-14-8-4-5-9-15(14)20(25)26-19/h1-9,16,19H,10-12H2,(H,21,24)/t16-,19-/m1/s1. The van der Waals surface area contributed by atoms with E-state index >= 15 is 0 Å². The molecule has 0 unspecified atom stereocenters. The van der Waals surface area contributed by atoms with Gasteiger partial charge in [-0.05, 0) is 18.1 Å². The van der Waals surface area contributed by atoms with Gasteiger partial charge in [0.25, 0.3) is 0 Å². The Labute approximate surface area is 150 Å². The molecule has 1 N–H and O–H groups in total. The molecule has 2 aliphatic rings. The Hall–Kier alpha value is -3.15. The van der Waals surface area contributed by atoms with Crippen molar-refractivity contribution in [1.82, 2.24) is 10.2 Å². The van der Waals surface area contributed by atoms with Gasteiger partial charge in [0.2, 0.25) is 18.0 Å². The molecule has 2 amide bonds. The van der Waals surface area contributed by atoms with Crippen LogP contribution in [0, 0.1) is 0 Å². The van der Waals surface area contributed by atoms with Crippen LogP contribution < -0.4 is 5.32 Å². The van der Waals surface area contributed by atoms with E-state index in [1.54, 1.807) is 24.3 Å². The summed E-state index contributed by atoms with van der Waals surface area (Å²) in [5.74, 6) is -0.881. The van der Waals surface area contributed by atoms with Gasteiger partial charge in [0.1, 0.15) is 6.04 Å². The topological polar surface area (TPSA) is 75.7 Å². The van der Waals surface area contributed by atoms with Crippen LogP contribution in [0.1, 0.15) is 40.6 Å². The number of cyclic esters (lactones) is 1. The van der Waals surface area contributed by atoms with Crippen molar-refractivity contribution >= 4 is 17.8 Å². The van der Waals surface area contributed by atoms with Gasteiger partial charge < -0.3 is 10.1 Å². The SMILES string of the molecule is O=C1O[C@@H](N2C(=O)CC[C@@H]2C(=O)NCc2ccccc2)c2ccccc21. The summed E-state index contributed by atoms with van der Waals surface area (Å²) in [5.41, 5.74) is 2.06. The molecule has 0 aliphatic carbocycles. The Bertz CT molecular complexity index is 865. The summed E-state index contributed by atoms with van der Waals surface area (Å²) >= 11 is 0. The van der Waals surface area contributed by atoms with E-state index in [0.29, 0.717) is 24.1 Å². The first kappa shape index (κ1) is 16.3. The summed E-state index contributed by atoms with van der Waals surface area (Å²) < 4.78 is 5.42. The molecule has 0 radical (unpaired) electrons. The van der Waals surface area contributed by atoms with Crippen molar-refractivity contribution in [2.45, 2.75) is 31.7 Å². The van der Waals surface area contributed by atoms with Gasteiger partial charge in [-0.25, -0.2) is 4.79 Å². The first-order chi connectivity index (χ1) is 12.6. The lowest BCUT2D eigenvalue weighted by Gasteiger charge is -2.29. The normalized spacial score (nSPS) is 21.5. The van der Waals surface area contributed by atoms with Crippen molar-refractivity contribution in [3.63, 3.8) is 0 Å². The number of carbonyl (C=O) groups excluding carboxylic acids is 3. The van der Waals surface area contributed by atoms with E-state index < -0.39 is 18.2 Å². The summed E-state index contributed by atoms with van der Waals surface area (Å²) in [6.07, 6.45) is -0.156. The van der Waals surface area contributed by atoms with Crippen LogP contribution in [0.4, 0.5) is 0 Å². The Balaban J connectivity index is 1.53. The molecule has 1 fully saturated rings. The molecule has 2 atom stereocenters. The third-order valence-electron chi connectivity index (χ3n) is 4.79. The average molecular weight is 350 g/mol. The Morgan fingerprint density at radius 3 is 2.62 bits per heavy atom. The van der Waals surface area contributed by atoms with Crippen LogP contribution in [0.25, 0.3) is 0 Å². The predicted octanol–water partition coefficient (Wildman–Crippen LogP) is 2.16. The highest BCUT2D eigenvalue weighted by Crippen LogP contribution is 2.38. The third kappa shape index (κ3) is 2.83. The Morgan fingerprint density at radius 2 is 1.81 bits per heavy atom. The highest BCUT2D eigenvalue weighted by Gasteiger charge is 2.46. The van der Waals surface area contributed by atoms with Gasteiger partial charge in [0, 0.05) is 18.5 Å². The minimum Gasteiger partial charge on any atom is -0.433 e. The van der Waals surface area contributed by atoms with Crippen molar-refractivity contribution < 1.29 is 19.1 Å². The number of esters is 1. The molecule has 0 saturated carbocycles. The fourth-order valence-corrected chi connectivity index (χ4v) is 3.49. The van der Waals surface area contributed by atoms with Crippen LogP contribution in [0.3, 0.4) is 0 Å². The summed E-state index contributed by atoms with van der Waals surface area (Å²) in [4.78, 5) is 38.6. The van der Waals surface area contributed by atoms with Crippen molar-refractivity contribution in [1.29, 1.82) is 0 Å². The fraction of sp³-hybridized carbons (Fsp3) is 0.250. The van der Waals surface area contributed by atoms with Gasteiger partial charge in [-0.1, -0.05) is 48.5 Å². The molecule has 26 heavy (non-hydrogen) atoms. The summed E-state index contributed by atoms with van der Waals surface area (Å²) in [6, 6.07) is 15.9. The summed E-state index contributed by atoms with van der Waals surface area (Å²) in [6.45, 7) is 0.388. The molecule has 2 aromatic carbocycles. The molecule has 0 bridgehead atoms. The van der Waals surface area contributed by atoms with E-state index in [1.807, 2.05) is 30.3 Å². The number of carbonyl (C=O) groups is 3. The Kier molecular flexibility index (Phi) is 4.16. The minimum atomic E-state index is -0.832. The van der Waals surface area contributed by atoms with Gasteiger partial charge in [-0.15, -0.1) is 0 Å². The maximum Gasteiger partial charge on any atom is 0.340 e. The minimum absolute atomic E-state index is 0.181. The number of likely N-dealkylation sites (tertiary alicyclic amines) is 1. The van der Waals surface area contributed by atoms with Crippen molar-refractivity contribution in [3.05, 3.63) is 71.3 Å². The molecule has 6 heteroatoms. The quantitative estimate of drug-likeness (QED) is 0.858. The number of nitrogens with one attached hydrogen (secondary N) is 1. The zero-order valence-corrected chi connectivity index (χ0v) is 14.1. The highest BCUT2D eigenvalue weighted by molar-refractivity contribution is 5.96. The molecular weight excluding hydrogens is 332 g/mol. The van der Waals surface area contributed by atoms with Crippen LogP contribution in [0.15, 0.2) is 54.6 Å². The van der Waals surface area contributed by atoms with E-state index in [2.05, 4.69) is 5.32 Å². The molecule has 6 nitrogen and oxygen atoms in total. The van der Waals surface area contributed by atoms with Crippen molar-refractivity contribution in [2.75, 3.05) is 0 Å². The number of fused-ring (bicyclic) bond motifs is 1. The summed E-state index contributed by atoms with van der Waals surface area (Å²) in [7, 11) is 0. The molecule has 0 aromatic heterocycles. The van der Waals surface area contributed by atoms with Gasteiger partial charge in [-0.2, -0.15) is 0 Å². The van der Waals surface area contributed by atoms with Crippen molar-refractivity contribution in [3.8, 4) is 0 Å². The zero-order valence-electron chi connectivity index (χ0n) is 14.1. The molecule has 2 aromatic rings. The van der Waals surface area contributed by atoms with Crippen LogP contribution in [-0.4, -0.2) is 28.7 Å². The monoisotopic (exact) mass is 350 g/mol. The highest BCUT2D eigenvalue weighted by atomic mass is 16.6. The number of benzene rings is 2. The molecule has 2 aliphatic heterocycles. The van der Waals surface area contributed by atoms with Crippen LogP contribution in [0.5, 0.6) is 0 Å². The molecular formula is C20H18N2O4. The lowest BCUT2D eigenvalue weighted by molar-refractivity contribution is -0.145. The number of ether oxygens (including phenoxy) is 1. The second-order valence-corrected chi connectivity index (χ2v) is 6.40. The third-order valence-corrected chi connectivity index (χ3v) is 4.79. The second-order valence-electron chi connectivity index (χ2n) is 6.40. The van der Waals surface area contributed by atoms with Gasteiger partial charge in [0.05, 0.1) is 5.56 Å². The maximum atomic E-state index is 12.7. The van der Waals surface area contributed by atoms with Crippen LogP contribution in [0.2, 0.25) is 0 Å². The lowest BCUT2D eigenvalue weighted by Crippen LogP contribution is -2.46. The molecule has 0 spiro atoms. The van der Waals surface area contributed by atoms with E-state index in [-0.39, 0.29) is 18.2 Å². The number of nitrogens with zero attached hydrogens (tertiary/aromatic N) is 1. The first-order valence-electron chi connectivity index (χ1n) is 8.58. The number of amides is 2. The van der Waals surface area contributed by atoms with E-state index in [0.717, 1.165) is 5.56 Å². The van der Waals surface area contributed by atoms with Crippen LogP contribution >= 0.6 is 0 Å². The van der Waals surface area contributed by atoms with Crippen LogP contribution in [-0.2, 0) is 20.9 Å². The van der Waals surface area contributed by atoms with Crippen molar-refractivity contribution in [2.24, 2.45) is 0 Å². The molecule has 4 rings (SSSR count). The average Bonchev–Trinajstić information content (AvgIpc) is 3.21. The first-order valence-corrected chi connectivity index (χ1v) is 8.58. The molecule has 1 saturated heterocycles. The second kappa shape index (κ2) is 6.63. The smallest absolute Gasteiger partial charge is 0.340 e. The lowest BCUT2D eigenvalue weighted by atomic mass is 10.1. The zero-order chi connectivity index (χ0) is 18.1. The number of hydrogen-bond acceptors (Lipinski definition) is 4. The van der Waals surface area contributed by atoms with Gasteiger partial charge in [0.15, 0.2) is 0 Å². The molecule has 132 valence electrons. The van der Waals surface area contributed by atoms with E-state index in [1.165, 1.54) is 4.90 Å². The number of hydrogen-bond donors (Lipinski definition) is 1. The summed E-state index contributed by atoms with van der Waals surface area (Å²) in [5, 5.41) is 2.88. The maximum absolute atomic E-state index is 12.7. The van der Waals surface area contributed by atoms with Gasteiger partial charge >= 0.3 is 5.97 Å². The van der Waals surface area contributed by atoms with E-state index in [9.17, 15) is 14.4 Å².